The van der Waals surface area contributed by atoms with Gasteiger partial charge in [0.15, 0.2) is 0 Å². The van der Waals surface area contributed by atoms with Crippen molar-refractivity contribution in [1.82, 2.24) is 10.6 Å². The molecule has 2 unspecified atom stereocenters. The molecule has 0 saturated carbocycles. The SMILES string of the molecule is C=CC(CC(=O)OCC)NC(=O)C(CC(=O)NCCOc1ccccc1)C(C)C. The van der Waals surface area contributed by atoms with Crippen molar-refractivity contribution in [3.05, 3.63) is 43.0 Å². The van der Waals surface area contributed by atoms with Gasteiger partial charge in [0, 0.05) is 12.3 Å². The molecule has 0 fully saturated rings. The van der Waals surface area contributed by atoms with E-state index < -0.39 is 17.9 Å². The Labute approximate surface area is 172 Å². The number of nitrogens with one attached hydrogen (secondary N) is 2. The normalized spacial score (nSPS) is 12.6. The van der Waals surface area contributed by atoms with Gasteiger partial charge in [-0.2, -0.15) is 0 Å². The topological polar surface area (TPSA) is 93.7 Å². The molecule has 2 N–H and O–H groups in total. The third-order valence-corrected chi connectivity index (χ3v) is 4.29. The molecule has 7 heteroatoms. The maximum Gasteiger partial charge on any atom is 0.308 e. The first-order valence-electron chi connectivity index (χ1n) is 9.90. The number of hydrogen-bond donors (Lipinski definition) is 2. The Balaban J connectivity index is 2.47. The van der Waals surface area contributed by atoms with Crippen LogP contribution in [-0.2, 0) is 19.1 Å². The highest BCUT2D eigenvalue weighted by molar-refractivity contribution is 5.86. The number of esters is 1. The summed E-state index contributed by atoms with van der Waals surface area (Å²) in [7, 11) is 0. The lowest BCUT2D eigenvalue weighted by Crippen LogP contribution is -2.42. The number of carbonyl (C=O) groups is 3. The molecular formula is C22H32N2O5. The average molecular weight is 405 g/mol. The van der Waals surface area contributed by atoms with Gasteiger partial charge in [-0.3, -0.25) is 14.4 Å². The Hall–Kier alpha value is -2.83. The highest BCUT2D eigenvalue weighted by atomic mass is 16.5. The first kappa shape index (κ1) is 24.2. The van der Waals surface area contributed by atoms with E-state index >= 15 is 0 Å². The number of carbonyl (C=O) groups excluding carboxylic acids is 3. The van der Waals surface area contributed by atoms with Crippen molar-refractivity contribution in [2.45, 2.75) is 39.7 Å². The molecule has 0 aliphatic heterocycles. The minimum Gasteiger partial charge on any atom is -0.492 e. The average Bonchev–Trinajstić information content (AvgIpc) is 2.69. The number of ether oxygens (including phenoxy) is 2. The molecule has 160 valence electrons. The van der Waals surface area contributed by atoms with Crippen molar-refractivity contribution < 1.29 is 23.9 Å². The Morgan fingerprint density at radius 2 is 1.83 bits per heavy atom. The van der Waals surface area contributed by atoms with Gasteiger partial charge in [0.1, 0.15) is 12.4 Å². The Kier molecular flexibility index (Phi) is 11.2. The molecule has 1 aromatic rings. The van der Waals surface area contributed by atoms with Gasteiger partial charge in [-0.25, -0.2) is 0 Å². The molecule has 2 atom stereocenters. The molecule has 0 saturated heterocycles. The van der Waals surface area contributed by atoms with Crippen molar-refractivity contribution in [1.29, 1.82) is 0 Å². The number of para-hydroxylation sites is 1. The quantitative estimate of drug-likeness (QED) is 0.299. The first-order chi connectivity index (χ1) is 13.9. The molecule has 0 spiro atoms. The molecule has 0 aliphatic carbocycles. The summed E-state index contributed by atoms with van der Waals surface area (Å²) >= 11 is 0. The molecule has 1 aromatic carbocycles. The molecule has 0 aromatic heterocycles. The van der Waals surface area contributed by atoms with E-state index in [9.17, 15) is 14.4 Å². The highest BCUT2D eigenvalue weighted by Crippen LogP contribution is 2.16. The minimum atomic E-state index is -0.537. The summed E-state index contributed by atoms with van der Waals surface area (Å²) in [6.07, 6.45) is 1.56. The lowest BCUT2D eigenvalue weighted by Gasteiger charge is -2.22. The Bertz CT molecular complexity index is 660. The number of benzene rings is 1. The molecular weight excluding hydrogens is 372 g/mol. The van der Waals surface area contributed by atoms with Crippen molar-refractivity contribution in [2.24, 2.45) is 11.8 Å². The molecule has 0 heterocycles. The Morgan fingerprint density at radius 3 is 2.41 bits per heavy atom. The largest absolute Gasteiger partial charge is 0.492 e. The van der Waals surface area contributed by atoms with Gasteiger partial charge in [0.05, 0.1) is 25.6 Å². The van der Waals surface area contributed by atoms with Crippen LogP contribution in [0.3, 0.4) is 0 Å². The maximum absolute atomic E-state index is 12.6. The second-order valence-corrected chi connectivity index (χ2v) is 6.93. The molecule has 0 aliphatic rings. The summed E-state index contributed by atoms with van der Waals surface area (Å²) in [5, 5.41) is 5.54. The lowest BCUT2D eigenvalue weighted by atomic mass is 9.91. The monoisotopic (exact) mass is 404 g/mol. The van der Waals surface area contributed by atoms with E-state index in [0.29, 0.717) is 13.2 Å². The van der Waals surface area contributed by atoms with Crippen LogP contribution in [0.1, 0.15) is 33.6 Å². The van der Waals surface area contributed by atoms with Crippen LogP contribution < -0.4 is 15.4 Å². The van der Waals surface area contributed by atoms with E-state index in [4.69, 9.17) is 9.47 Å². The maximum atomic E-state index is 12.6. The van der Waals surface area contributed by atoms with Crippen LogP contribution in [0.25, 0.3) is 0 Å². The van der Waals surface area contributed by atoms with Gasteiger partial charge in [-0.05, 0) is 25.0 Å². The van der Waals surface area contributed by atoms with Crippen LogP contribution in [0.2, 0.25) is 0 Å². The van der Waals surface area contributed by atoms with Gasteiger partial charge in [-0.15, -0.1) is 6.58 Å². The number of amides is 2. The zero-order chi connectivity index (χ0) is 21.6. The predicted molar refractivity (Wildman–Crippen MR) is 111 cm³/mol. The van der Waals surface area contributed by atoms with E-state index in [0.717, 1.165) is 5.75 Å². The van der Waals surface area contributed by atoms with Gasteiger partial charge >= 0.3 is 5.97 Å². The fourth-order valence-corrected chi connectivity index (χ4v) is 2.66. The lowest BCUT2D eigenvalue weighted by molar-refractivity contribution is -0.143. The van der Waals surface area contributed by atoms with Crippen LogP contribution in [0.4, 0.5) is 0 Å². The van der Waals surface area contributed by atoms with Gasteiger partial charge in [0.25, 0.3) is 0 Å². The van der Waals surface area contributed by atoms with E-state index in [-0.39, 0.29) is 37.2 Å². The van der Waals surface area contributed by atoms with Crippen LogP contribution in [0.5, 0.6) is 5.75 Å². The third kappa shape index (κ3) is 9.78. The zero-order valence-electron chi connectivity index (χ0n) is 17.5. The van der Waals surface area contributed by atoms with Gasteiger partial charge in [-0.1, -0.05) is 38.1 Å². The fraction of sp³-hybridized carbons (Fsp3) is 0.500. The van der Waals surface area contributed by atoms with Crippen molar-refractivity contribution >= 4 is 17.8 Å². The van der Waals surface area contributed by atoms with Gasteiger partial charge < -0.3 is 20.1 Å². The van der Waals surface area contributed by atoms with E-state index in [1.54, 1.807) is 6.92 Å². The number of rotatable bonds is 13. The molecule has 2 amide bonds. The molecule has 29 heavy (non-hydrogen) atoms. The highest BCUT2D eigenvalue weighted by Gasteiger charge is 2.27. The zero-order valence-corrected chi connectivity index (χ0v) is 17.5. The summed E-state index contributed by atoms with van der Waals surface area (Å²) in [6, 6.07) is 8.79. The van der Waals surface area contributed by atoms with Crippen molar-refractivity contribution in [3.8, 4) is 5.75 Å². The Morgan fingerprint density at radius 1 is 1.14 bits per heavy atom. The summed E-state index contributed by atoms with van der Waals surface area (Å²) in [6.45, 7) is 10.1. The van der Waals surface area contributed by atoms with Gasteiger partial charge in [0.2, 0.25) is 11.8 Å². The molecule has 7 nitrogen and oxygen atoms in total. The number of hydrogen-bond acceptors (Lipinski definition) is 5. The van der Waals surface area contributed by atoms with Crippen molar-refractivity contribution in [3.63, 3.8) is 0 Å². The fourth-order valence-electron chi connectivity index (χ4n) is 2.66. The summed E-state index contributed by atoms with van der Waals surface area (Å²) in [5.74, 6) is -0.752. The van der Waals surface area contributed by atoms with Crippen LogP contribution in [0, 0.1) is 11.8 Å². The van der Waals surface area contributed by atoms with Crippen molar-refractivity contribution in [2.75, 3.05) is 19.8 Å². The molecule has 0 radical (unpaired) electrons. The van der Waals surface area contributed by atoms with E-state index in [1.807, 2.05) is 44.2 Å². The second-order valence-electron chi connectivity index (χ2n) is 6.93. The summed E-state index contributed by atoms with van der Waals surface area (Å²) in [4.78, 5) is 36.5. The smallest absolute Gasteiger partial charge is 0.308 e. The molecule has 1 rings (SSSR count). The summed E-state index contributed by atoms with van der Waals surface area (Å²) in [5.41, 5.74) is 0. The van der Waals surface area contributed by atoms with Crippen LogP contribution >= 0.6 is 0 Å². The second kappa shape index (κ2) is 13.4. The minimum absolute atomic E-state index is 0.0108. The van der Waals surface area contributed by atoms with E-state index in [1.165, 1.54) is 6.08 Å². The van der Waals surface area contributed by atoms with E-state index in [2.05, 4.69) is 17.2 Å². The van der Waals surface area contributed by atoms with Crippen LogP contribution in [0.15, 0.2) is 43.0 Å². The molecule has 0 bridgehead atoms. The third-order valence-electron chi connectivity index (χ3n) is 4.29. The standard InChI is InChI=1S/C22H32N2O5/c1-5-17(14-21(26)28-6-2)24-22(27)19(16(3)4)15-20(25)23-12-13-29-18-10-8-7-9-11-18/h5,7-11,16-17,19H,1,6,12-15H2,2-4H3,(H,23,25)(H,24,27). The predicted octanol–water partition coefficient (Wildman–Crippen LogP) is 2.47. The summed E-state index contributed by atoms with van der Waals surface area (Å²) < 4.78 is 10.4. The first-order valence-corrected chi connectivity index (χ1v) is 9.90. The van der Waals surface area contributed by atoms with Crippen LogP contribution in [-0.4, -0.2) is 43.6 Å².